The molecule has 0 spiro atoms. The van der Waals surface area contributed by atoms with Crippen LogP contribution >= 0.6 is 0 Å². The lowest BCUT2D eigenvalue weighted by atomic mass is 10.2. The van der Waals surface area contributed by atoms with Gasteiger partial charge in [-0.2, -0.15) is 4.31 Å². The summed E-state index contributed by atoms with van der Waals surface area (Å²) in [4.78, 5) is 18.3. The molecule has 1 amide bonds. The first-order valence-corrected chi connectivity index (χ1v) is 11.2. The Morgan fingerprint density at radius 3 is 2.67 bits per heavy atom. The minimum Gasteiger partial charge on any atom is -0.445 e. The molecule has 156 valence electrons. The second-order valence-corrected chi connectivity index (χ2v) is 9.16. The fourth-order valence-electron chi connectivity index (χ4n) is 3.72. The van der Waals surface area contributed by atoms with E-state index in [0.717, 1.165) is 10.9 Å². The Hall–Kier alpha value is -2.97. The van der Waals surface area contributed by atoms with Gasteiger partial charge in [-0.3, -0.25) is 4.98 Å². The standard InChI is InChI=1S/C22H23N3O4S/c1-17-15-24(22(26)29-16-18-6-3-2-4-7-18)12-13-25(17)30(27,28)21-9-5-8-19-14-23-11-10-20(19)21/h2-11,14,17H,12-13,15-16H2,1H3. The molecule has 0 saturated carbocycles. The van der Waals surface area contributed by atoms with E-state index in [1.165, 1.54) is 4.31 Å². The van der Waals surface area contributed by atoms with Crippen molar-refractivity contribution in [2.75, 3.05) is 19.6 Å². The van der Waals surface area contributed by atoms with Crippen LogP contribution in [0.5, 0.6) is 0 Å². The van der Waals surface area contributed by atoms with Crippen molar-refractivity contribution in [3.05, 3.63) is 72.6 Å². The van der Waals surface area contributed by atoms with Crippen molar-refractivity contribution in [1.82, 2.24) is 14.2 Å². The lowest BCUT2D eigenvalue weighted by Crippen LogP contribution is -2.55. The highest BCUT2D eigenvalue weighted by Gasteiger charge is 2.36. The molecular formula is C22H23N3O4S. The number of piperazine rings is 1. The van der Waals surface area contributed by atoms with Gasteiger partial charge >= 0.3 is 6.09 Å². The number of carbonyl (C=O) groups is 1. The molecule has 2 heterocycles. The maximum Gasteiger partial charge on any atom is 0.410 e. The van der Waals surface area contributed by atoms with Gasteiger partial charge in [0.05, 0.1) is 4.90 Å². The molecule has 0 aliphatic carbocycles. The summed E-state index contributed by atoms with van der Waals surface area (Å²) in [5, 5.41) is 1.42. The predicted octanol–water partition coefficient (Wildman–Crippen LogP) is 3.27. The zero-order chi connectivity index (χ0) is 21.1. The number of pyridine rings is 1. The van der Waals surface area contributed by atoms with E-state index in [0.29, 0.717) is 5.39 Å². The Labute approximate surface area is 175 Å². The Balaban J connectivity index is 1.46. The summed E-state index contributed by atoms with van der Waals surface area (Å²) in [5.74, 6) is 0. The average Bonchev–Trinajstić information content (AvgIpc) is 2.77. The number of fused-ring (bicyclic) bond motifs is 1. The fraction of sp³-hybridized carbons (Fsp3) is 0.273. The largest absolute Gasteiger partial charge is 0.445 e. The number of sulfonamides is 1. The van der Waals surface area contributed by atoms with E-state index < -0.39 is 16.1 Å². The lowest BCUT2D eigenvalue weighted by molar-refractivity contribution is 0.0729. The number of ether oxygens (including phenoxy) is 1. The third kappa shape index (κ3) is 4.01. The molecule has 3 aromatic rings. The number of carbonyl (C=O) groups excluding carboxylic acids is 1. The molecule has 1 saturated heterocycles. The van der Waals surface area contributed by atoms with Crippen LogP contribution in [0.15, 0.2) is 71.9 Å². The van der Waals surface area contributed by atoms with Crippen LogP contribution < -0.4 is 0 Å². The number of amides is 1. The van der Waals surface area contributed by atoms with Gasteiger partial charge in [0.2, 0.25) is 10.0 Å². The van der Waals surface area contributed by atoms with E-state index in [1.54, 1.807) is 42.4 Å². The van der Waals surface area contributed by atoms with Gasteiger partial charge in [0.15, 0.2) is 0 Å². The third-order valence-corrected chi connectivity index (χ3v) is 7.33. The van der Waals surface area contributed by atoms with E-state index >= 15 is 0 Å². The first-order valence-electron chi connectivity index (χ1n) is 9.77. The molecule has 2 aromatic carbocycles. The molecule has 1 aliphatic heterocycles. The smallest absolute Gasteiger partial charge is 0.410 e. The summed E-state index contributed by atoms with van der Waals surface area (Å²) in [6.07, 6.45) is 2.81. The third-order valence-electron chi connectivity index (χ3n) is 5.26. The summed E-state index contributed by atoms with van der Waals surface area (Å²) >= 11 is 0. The average molecular weight is 426 g/mol. The SMILES string of the molecule is CC1CN(C(=O)OCc2ccccc2)CCN1S(=O)(=O)c1cccc2cnccc12. The van der Waals surface area contributed by atoms with Gasteiger partial charge < -0.3 is 9.64 Å². The van der Waals surface area contributed by atoms with E-state index in [9.17, 15) is 13.2 Å². The minimum absolute atomic E-state index is 0.191. The molecule has 4 rings (SSSR count). The maximum atomic E-state index is 13.4. The van der Waals surface area contributed by atoms with Crippen LogP contribution in [0.25, 0.3) is 10.8 Å². The van der Waals surface area contributed by atoms with Crippen molar-refractivity contribution in [3.8, 4) is 0 Å². The Morgan fingerprint density at radius 1 is 1.10 bits per heavy atom. The second kappa shape index (κ2) is 8.41. The summed E-state index contributed by atoms with van der Waals surface area (Å²) in [6.45, 7) is 2.77. The van der Waals surface area contributed by atoms with Gasteiger partial charge in [-0.1, -0.05) is 42.5 Å². The van der Waals surface area contributed by atoms with Crippen LogP contribution in [-0.2, 0) is 21.4 Å². The zero-order valence-electron chi connectivity index (χ0n) is 16.6. The normalized spacial score (nSPS) is 17.8. The van der Waals surface area contributed by atoms with Gasteiger partial charge in [-0.25, -0.2) is 13.2 Å². The minimum atomic E-state index is -3.72. The van der Waals surface area contributed by atoms with E-state index in [1.807, 2.05) is 36.4 Å². The number of aromatic nitrogens is 1. The summed E-state index contributed by atoms with van der Waals surface area (Å²) < 4.78 is 33.6. The van der Waals surface area contributed by atoms with Crippen molar-refractivity contribution in [2.24, 2.45) is 0 Å². The summed E-state index contributed by atoms with van der Waals surface area (Å²) in [6, 6.07) is 16.0. The van der Waals surface area contributed by atoms with Crippen molar-refractivity contribution >= 4 is 26.9 Å². The number of rotatable bonds is 4. The first-order chi connectivity index (χ1) is 14.5. The van der Waals surface area contributed by atoms with Gasteiger partial charge in [0, 0.05) is 48.8 Å². The van der Waals surface area contributed by atoms with E-state index in [2.05, 4.69) is 4.98 Å². The Morgan fingerprint density at radius 2 is 1.90 bits per heavy atom. The fourth-order valence-corrected chi connectivity index (χ4v) is 5.55. The number of benzene rings is 2. The number of nitrogens with zero attached hydrogens (tertiary/aromatic N) is 3. The molecule has 1 atom stereocenters. The highest BCUT2D eigenvalue weighted by Crippen LogP contribution is 2.27. The topological polar surface area (TPSA) is 79.8 Å². The second-order valence-electron chi connectivity index (χ2n) is 7.30. The van der Waals surface area contributed by atoms with Crippen LogP contribution in [-0.4, -0.2) is 54.4 Å². The number of hydrogen-bond donors (Lipinski definition) is 0. The lowest BCUT2D eigenvalue weighted by Gasteiger charge is -2.38. The molecule has 0 radical (unpaired) electrons. The zero-order valence-corrected chi connectivity index (χ0v) is 17.5. The van der Waals surface area contributed by atoms with Crippen molar-refractivity contribution in [1.29, 1.82) is 0 Å². The number of hydrogen-bond acceptors (Lipinski definition) is 5. The molecule has 1 unspecified atom stereocenters. The van der Waals surface area contributed by atoms with Crippen molar-refractivity contribution in [3.63, 3.8) is 0 Å². The molecule has 8 heteroatoms. The van der Waals surface area contributed by atoms with Gasteiger partial charge in [-0.05, 0) is 24.6 Å². The maximum absolute atomic E-state index is 13.4. The molecule has 30 heavy (non-hydrogen) atoms. The Kier molecular flexibility index (Phi) is 5.69. The van der Waals surface area contributed by atoms with Crippen LogP contribution in [0.3, 0.4) is 0 Å². The highest BCUT2D eigenvalue weighted by atomic mass is 32.2. The van der Waals surface area contributed by atoms with Crippen LogP contribution in [0.2, 0.25) is 0 Å². The summed E-state index contributed by atoms with van der Waals surface area (Å²) in [7, 11) is -3.72. The van der Waals surface area contributed by atoms with E-state index in [4.69, 9.17) is 4.74 Å². The van der Waals surface area contributed by atoms with Crippen molar-refractivity contribution in [2.45, 2.75) is 24.5 Å². The molecule has 0 N–H and O–H groups in total. The molecule has 1 aliphatic rings. The molecule has 7 nitrogen and oxygen atoms in total. The van der Waals surface area contributed by atoms with E-state index in [-0.39, 0.29) is 37.2 Å². The molecule has 0 bridgehead atoms. The quantitative estimate of drug-likeness (QED) is 0.641. The predicted molar refractivity (Wildman–Crippen MR) is 113 cm³/mol. The van der Waals surface area contributed by atoms with Crippen LogP contribution in [0, 0.1) is 0 Å². The van der Waals surface area contributed by atoms with Crippen LogP contribution in [0.4, 0.5) is 4.79 Å². The van der Waals surface area contributed by atoms with Gasteiger partial charge in [0.25, 0.3) is 0 Å². The molecule has 1 aromatic heterocycles. The first kappa shape index (κ1) is 20.3. The van der Waals surface area contributed by atoms with Crippen LogP contribution in [0.1, 0.15) is 12.5 Å². The van der Waals surface area contributed by atoms with Gasteiger partial charge in [0.1, 0.15) is 6.61 Å². The summed E-state index contributed by atoms with van der Waals surface area (Å²) in [5.41, 5.74) is 0.908. The molecular weight excluding hydrogens is 402 g/mol. The Bertz CT molecular complexity index is 1150. The molecule has 1 fully saturated rings. The highest BCUT2D eigenvalue weighted by molar-refractivity contribution is 7.89. The van der Waals surface area contributed by atoms with Gasteiger partial charge in [-0.15, -0.1) is 0 Å². The van der Waals surface area contributed by atoms with Crippen molar-refractivity contribution < 1.29 is 17.9 Å². The monoisotopic (exact) mass is 425 g/mol.